The zero-order chi connectivity index (χ0) is 32.8. The SMILES string of the molecule is CC(C)(CCCCO[Si](C)(C)C(C)(C)C)CN(C[C@H](O)[C@H](Cc1ccccc1)NC(=O)O)S(=O)(=O)c1ccc2c(c1)OCO2. The zero-order valence-corrected chi connectivity index (χ0v) is 28.9. The molecule has 3 N–H and O–H groups in total. The van der Waals surface area contributed by atoms with Crippen molar-refractivity contribution < 1.29 is 37.3 Å². The molecule has 44 heavy (non-hydrogen) atoms. The Hall–Kier alpha value is -2.64. The highest BCUT2D eigenvalue weighted by Crippen LogP contribution is 2.37. The molecule has 2 aromatic carbocycles. The van der Waals surface area contributed by atoms with Gasteiger partial charge in [-0.3, -0.25) is 0 Å². The van der Waals surface area contributed by atoms with E-state index in [1.807, 2.05) is 44.2 Å². The van der Waals surface area contributed by atoms with Gasteiger partial charge in [0, 0.05) is 25.8 Å². The number of ether oxygens (including phenoxy) is 2. The Bertz CT molecular complexity index is 1350. The molecule has 0 spiro atoms. The number of carbonyl (C=O) groups is 1. The molecule has 0 bridgehead atoms. The average molecular weight is 651 g/mol. The number of sulfonamides is 1. The number of amides is 1. The molecule has 0 unspecified atom stereocenters. The van der Waals surface area contributed by atoms with E-state index in [-0.39, 0.29) is 36.2 Å². The molecule has 1 amide bonds. The maximum absolute atomic E-state index is 14.1. The average Bonchev–Trinajstić information content (AvgIpc) is 3.40. The predicted molar refractivity (Wildman–Crippen MR) is 173 cm³/mol. The van der Waals surface area contributed by atoms with Crippen LogP contribution in [0.15, 0.2) is 53.4 Å². The quantitative estimate of drug-likeness (QED) is 0.152. The Morgan fingerprint density at radius 3 is 2.34 bits per heavy atom. The van der Waals surface area contributed by atoms with Gasteiger partial charge in [0.2, 0.25) is 16.8 Å². The first-order chi connectivity index (χ1) is 20.4. The largest absolute Gasteiger partial charge is 0.465 e. The minimum absolute atomic E-state index is 0.00938. The van der Waals surface area contributed by atoms with E-state index in [4.69, 9.17) is 13.9 Å². The van der Waals surface area contributed by atoms with Crippen LogP contribution in [0.1, 0.15) is 59.4 Å². The molecule has 0 saturated carbocycles. The van der Waals surface area contributed by atoms with E-state index in [1.54, 1.807) is 6.07 Å². The molecule has 0 radical (unpaired) electrons. The van der Waals surface area contributed by atoms with Crippen molar-refractivity contribution in [1.29, 1.82) is 0 Å². The van der Waals surface area contributed by atoms with Crippen LogP contribution >= 0.6 is 0 Å². The van der Waals surface area contributed by atoms with Gasteiger partial charge in [-0.2, -0.15) is 4.31 Å². The van der Waals surface area contributed by atoms with Crippen LogP contribution < -0.4 is 14.8 Å². The van der Waals surface area contributed by atoms with E-state index in [9.17, 15) is 23.4 Å². The topological polar surface area (TPSA) is 135 Å². The van der Waals surface area contributed by atoms with Gasteiger partial charge < -0.3 is 29.4 Å². The summed E-state index contributed by atoms with van der Waals surface area (Å²) in [6.07, 6.45) is 0.0234. The third-order valence-corrected chi connectivity index (χ3v) is 14.9. The van der Waals surface area contributed by atoms with Crippen LogP contribution in [0, 0.1) is 5.41 Å². The van der Waals surface area contributed by atoms with Gasteiger partial charge in [0.15, 0.2) is 19.8 Å². The van der Waals surface area contributed by atoms with Crippen LogP contribution in [0.4, 0.5) is 4.79 Å². The number of nitrogens with one attached hydrogen (secondary N) is 1. The maximum atomic E-state index is 14.1. The number of hydrogen-bond donors (Lipinski definition) is 3. The van der Waals surface area contributed by atoms with Gasteiger partial charge in [-0.15, -0.1) is 0 Å². The van der Waals surface area contributed by atoms with E-state index in [2.05, 4.69) is 39.2 Å². The first-order valence-corrected chi connectivity index (χ1v) is 19.5. The van der Waals surface area contributed by atoms with Crippen molar-refractivity contribution in [2.45, 2.75) is 95.5 Å². The summed E-state index contributed by atoms with van der Waals surface area (Å²) in [6.45, 7) is 15.6. The fourth-order valence-corrected chi connectivity index (χ4v) is 7.64. The van der Waals surface area contributed by atoms with Crippen LogP contribution in [-0.2, 0) is 20.9 Å². The minimum Gasteiger partial charge on any atom is -0.465 e. The normalized spacial score (nSPS) is 15.3. The zero-order valence-electron chi connectivity index (χ0n) is 27.1. The van der Waals surface area contributed by atoms with Gasteiger partial charge in [-0.05, 0) is 60.5 Å². The van der Waals surface area contributed by atoms with Crippen LogP contribution in [0.5, 0.6) is 11.5 Å². The monoisotopic (exact) mass is 650 g/mol. The van der Waals surface area contributed by atoms with Gasteiger partial charge in [0.25, 0.3) is 0 Å². The standard InChI is InChI=1S/C32H50N2O8SSi/c1-31(2,3)44(6,7)42-18-12-11-17-32(4,5)22-34(43(38,39)25-15-16-28-29(20-25)41-23-40-28)21-27(35)26(33-30(36)37)19-24-13-9-8-10-14-24/h8-10,13-16,20,26-27,33,35H,11-12,17-19,21-23H2,1-7H3,(H,36,37)/t26-,27-/m0/s1. The lowest BCUT2D eigenvalue weighted by Gasteiger charge is -2.36. The van der Waals surface area contributed by atoms with Gasteiger partial charge in [-0.1, -0.05) is 71.4 Å². The third kappa shape index (κ3) is 9.93. The molecule has 1 heterocycles. The molecule has 1 aliphatic heterocycles. The van der Waals surface area contributed by atoms with E-state index in [1.165, 1.54) is 16.4 Å². The van der Waals surface area contributed by atoms with E-state index in [0.717, 1.165) is 24.8 Å². The molecule has 1 aliphatic rings. The van der Waals surface area contributed by atoms with Crippen LogP contribution in [-0.4, -0.2) is 76.0 Å². The van der Waals surface area contributed by atoms with Gasteiger partial charge in [0.1, 0.15) is 0 Å². The number of nitrogens with zero attached hydrogens (tertiary/aromatic N) is 1. The summed E-state index contributed by atoms with van der Waals surface area (Å²) in [5.74, 6) is 0.798. The molecular formula is C32H50N2O8SSi. The summed E-state index contributed by atoms with van der Waals surface area (Å²) in [6, 6.07) is 12.7. The number of carboxylic acid groups (broad SMARTS) is 1. The Balaban J connectivity index is 1.79. The van der Waals surface area contributed by atoms with Gasteiger partial charge >= 0.3 is 6.09 Å². The Labute approximate surface area is 263 Å². The second-order valence-electron chi connectivity index (χ2n) is 13.9. The highest BCUT2D eigenvalue weighted by atomic mass is 32.2. The first kappa shape index (κ1) is 35.8. The molecule has 2 atom stereocenters. The molecule has 2 aromatic rings. The van der Waals surface area contributed by atoms with Crippen molar-refractivity contribution >= 4 is 24.4 Å². The summed E-state index contributed by atoms with van der Waals surface area (Å²) < 4.78 is 46.6. The summed E-state index contributed by atoms with van der Waals surface area (Å²) in [5.41, 5.74) is 0.366. The van der Waals surface area contributed by atoms with Crippen LogP contribution in [0.3, 0.4) is 0 Å². The van der Waals surface area contributed by atoms with Crippen LogP contribution in [0.25, 0.3) is 0 Å². The van der Waals surface area contributed by atoms with Crippen LogP contribution in [0.2, 0.25) is 18.1 Å². The molecule has 10 nitrogen and oxygen atoms in total. The Kier molecular flexibility index (Phi) is 11.9. The number of aliphatic hydroxyl groups is 1. The summed E-state index contributed by atoms with van der Waals surface area (Å²) in [7, 11) is -5.96. The predicted octanol–water partition coefficient (Wildman–Crippen LogP) is 5.86. The smallest absolute Gasteiger partial charge is 0.404 e. The third-order valence-electron chi connectivity index (χ3n) is 8.57. The van der Waals surface area contributed by atoms with E-state index < -0.39 is 42.0 Å². The van der Waals surface area contributed by atoms with Crippen molar-refractivity contribution in [2.24, 2.45) is 5.41 Å². The molecule has 0 aromatic heterocycles. The number of fused-ring (bicyclic) bond motifs is 1. The molecule has 0 fully saturated rings. The maximum Gasteiger partial charge on any atom is 0.404 e. The lowest BCUT2D eigenvalue weighted by Crippen LogP contribution is -2.51. The first-order valence-electron chi connectivity index (χ1n) is 15.2. The van der Waals surface area contributed by atoms with Crippen molar-refractivity contribution in [3.05, 3.63) is 54.1 Å². The molecule has 246 valence electrons. The van der Waals surface area contributed by atoms with E-state index in [0.29, 0.717) is 18.1 Å². The number of rotatable bonds is 16. The summed E-state index contributed by atoms with van der Waals surface area (Å²) in [4.78, 5) is 11.7. The van der Waals surface area contributed by atoms with Crippen molar-refractivity contribution in [3.63, 3.8) is 0 Å². The second kappa shape index (κ2) is 14.6. The lowest BCUT2D eigenvalue weighted by molar-refractivity contribution is 0.0901. The Morgan fingerprint density at radius 2 is 1.70 bits per heavy atom. The number of hydrogen-bond acceptors (Lipinski definition) is 7. The minimum atomic E-state index is -4.11. The Morgan fingerprint density at radius 1 is 1.05 bits per heavy atom. The molecule has 0 saturated heterocycles. The molecule has 0 aliphatic carbocycles. The van der Waals surface area contributed by atoms with Gasteiger partial charge in [-0.25, -0.2) is 13.2 Å². The fourth-order valence-electron chi connectivity index (χ4n) is 4.89. The lowest BCUT2D eigenvalue weighted by atomic mass is 9.87. The highest BCUT2D eigenvalue weighted by Gasteiger charge is 2.37. The molecule has 3 rings (SSSR count). The van der Waals surface area contributed by atoms with Crippen molar-refractivity contribution in [2.75, 3.05) is 26.5 Å². The highest BCUT2D eigenvalue weighted by molar-refractivity contribution is 7.89. The molecular weight excluding hydrogens is 601 g/mol. The van der Waals surface area contributed by atoms with Gasteiger partial charge in [0.05, 0.1) is 17.0 Å². The summed E-state index contributed by atoms with van der Waals surface area (Å²) >= 11 is 0. The number of unbranched alkanes of at least 4 members (excludes halogenated alkanes) is 1. The number of aliphatic hydroxyl groups excluding tert-OH is 1. The van der Waals surface area contributed by atoms with Crippen molar-refractivity contribution in [3.8, 4) is 11.5 Å². The van der Waals surface area contributed by atoms with Crippen molar-refractivity contribution in [1.82, 2.24) is 9.62 Å². The number of benzene rings is 2. The second-order valence-corrected chi connectivity index (χ2v) is 20.6. The fraction of sp³-hybridized carbons (Fsp3) is 0.594. The molecule has 12 heteroatoms. The van der Waals surface area contributed by atoms with E-state index >= 15 is 0 Å². The summed E-state index contributed by atoms with van der Waals surface area (Å²) in [5, 5.41) is 23.4.